The van der Waals surface area contributed by atoms with Crippen molar-refractivity contribution in [1.29, 1.82) is 0 Å². The summed E-state index contributed by atoms with van der Waals surface area (Å²) in [5.74, 6) is 6.70. The van der Waals surface area contributed by atoms with Gasteiger partial charge in [0.15, 0.2) is 0 Å². The minimum Gasteiger partial charge on any atom is -0.323 e. The zero-order chi connectivity index (χ0) is 12.0. The fourth-order valence-electron chi connectivity index (χ4n) is 1.10. The summed E-state index contributed by atoms with van der Waals surface area (Å²) in [6.45, 7) is 0. The maximum atomic E-state index is 10.6. The Kier molecular flexibility index (Phi) is 5.37. The first kappa shape index (κ1) is 13.1. The highest BCUT2D eigenvalue weighted by molar-refractivity contribution is 7.99. The molecule has 0 aromatic heterocycles. The molecule has 3 N–H and O–H groups in total. The van der Waals surface area contributed by atoms with Crippen molar-refractivity contribution in [2.75, 3.05) is 17.1 Å². The predicted octanol–water partition coefficient (Wildman–Crippen LogP) is 2.60. The Bertz CT molecular complexity index is 376. The highest BCUT2D eigenvalue weighted by Gasteiger charge is 2.10. The zero-order valence-corrected chi connectivity index (χ0v) is 10.1. The van der Waals surface area contributed by atoms with Gasteiger partial charge in [-0.3, -0.25) is 16.0 Å². The average molecular weight is 262 g/mol. The molecule has 0 fully saturated rings. The maximum absolute atomic E-state index is 10.6. The molecule has 0 bridgehead atoms. The second-order valence-corrected chi connectivity index (χ2v) is 4.49. The molecule has 88 valence electrons. The molecule has 1 aromatic rings. The number of hydrazine groups is 1. The first-order valence-electron chi connectivity index (χ1n) is 4.63. The predicted molar refractivity (Wildman–Crippen MR) is 67.0 cm³/mol. The molecule has 0 aliphatic rings. The number of hydrogen-bond acceptors (Lipinski definition) is 5. The van der Waals surface area contributed by atoms with Crippen molar-refractivity contribution in [3.05, 3.63) is 28.3 Å². The van der Waals surface area contributed by atoms with E-state index >= 15 is 0 Å². The molecule has 7 heteroatoms. The SMILES string of the molecule is NNc1ccc([N+](=O)[O-])cc1SCCCCl. The third kappa shape index (κ3) is 3.55. The first-order chi connectivity index (χ1) is 7.69. The van der Waals surface area contributed by atoms with E-state index in [2.05, 4.69) is 5.43 Å². The van der Waals surface area contributed by atoms with Crippen molar-refractivity contribution in [2.45, 2.75) is 11.3 Å². The quantitative estimate of drug-likeness (QED) is 0.205. The molecule has 0 spiro atoms. The Hall–Kier alpha value is -0.980. The maximum Gasteiger partial charge on any atom is 0.270 e. The second-order valence-electron chi connectivity index (χ2n) is 2.97. The van der Waals surface area contributed by atoms with E-state index in [0.717, 1.165) is 17.1 Å². The van der Waals surface area contributed by atoms with E-state index in [4.69, 9.17) is 17.4 Å². The minimum atomic E-state index is -0.425. The molecule has 1 rings (SSSR count). The third-order valence-electron chi connectivity index (χ3n) is 1.87. The summed E-state index contributed by atoms with van der Waals surface area (Å²) in [6, 6.07) is 4.52. The van der Waals surface area contributed by atoms with E-state index in [-0.39, 0.29) is 5.69 Å². The van der Waals surface area contributed by atoms with E-state index < -0.39 is 4.92 Å². The van der Waals surface area contributed by atoms with Crippen LogP contribution >= 0.6 is 23.4 Å². The summed E-state index contributed by atoms with van der Waals surface area (Å²) in [5, 5.41) is 10.6. The topological polar surface area (TPSA) is 81.2 Å². The molecular weight excluding hydrogens is 250 g/mol. The van der Waals surface area contributed by atoms with Gasteiger partial charge in [-0.2, -0.15) is 0 Å². The number of anilines is 1. The van der Waals surface area contributed by atoms with Gasteiger partial charge in [0.1, 0.15) is 0 Å². The number of nitrogens with one attached hydrogen (secondary N) is 1. The number of nitro groups is 1. The van der Waals surface area contributed by atoms with E-state index in [1.807, 2.05) is 0 Å². The number of nitrogens with zero attached hydrogens (tertiary/aromatic N) is 1. The highest BCUT2D eigenvalue weighted by Crippen LogP contribution is 2.30. The number of alkyl halides is 1. The van der Waals surface area contributed by atoms with Crippen LogP contribution in [0.2, 0.25) is 0 Å². The van der Waals surface area contributed by atoms with E-state index in [1.54, 1.807) is 6.07 Å². The number of rotatable bonds is 6. The Morgan fingerprint density at radius 1 is 1.56 bits per heavy atom. The number of halogens is 1. The van der Waals surface area contributed by atoms with Gasteiger partial charge in [0, 0.05) is 22.9 Å². The van der Waals surface area contributed by atoms with Crippen LogP contribution in [0.1, 0.15) is 6.42 Å². The smallest absolute Gasteiger partial charge is 0.270 e. The summed E-state index contributed by atoms with van der Waals surface area (Å²) in [4.78, 5) is 10.9. The van der Waals surface area contributed by atoms with E-state index in [9.17, 15) is 10.1 Å². The fourth-order valence-corrected chi connectivity index (χ4v) is 2.39. The number of hydrogen-bond donors (Lipinski definition) is 2. The van der Waals surface area contributed by atoms with Gasteiger partial charge in [0.2, 0.25) is 0 Å². The van der Waals surface area contributed by atoms with Gasteiger partial charge in [-0.05, 0) is 18.2 Å². The van der Waals surface area contributed by atoms with Crippen molar-refractivity contribution in [2.24, 2.45) is 5.84 Å². The van der Waals surface area contributed by atoms with Crippen molar-refractivity contribution in [1.82, 2.24) is 0 Å². The van der Waals surface area contributed by atoms with Crippen LogP contribution in [-0.2, 0) is 0 Å². The molecule has 0 unspecified atom stereocenters. The van der Waals surface area contributed by atoms with Gasteiger partial charge in [-0.25, -0.2) is 0 Å². The van der Waals surface area contributed by atoms with Gasteiger partial charge in [0.25, 0.3) is 5.69 Å². The number of benzene rings is 1. The van der Waals surface area contributed by atoms with Crippen molar-refractivity contribution in [3.63, 3.8) is 0 Å². The number of thioether (sulfide) groups is 1. The molecule has 0 radical (unpaired) electrons. The van der Waals surface area contributed by atoms with Crippen LogP contribution in [0.5, 0.6) is 0 Å². The molecule has 16 heavy (non-hydrogen) atoms. The summed E-state index contributed by atoms with van der Waals surface area (Å²) in [7, 11) is 0. The summed E-state index contributed by atoms with van der Waals surface area (Å²) < 4.78 is 0. The lowest BCUT2D eigenvalue weighted by Crippen LogP contribution is -2.08. The van der Waals surface area contributed by atoms with Gasteiger partial charge in [-0.15, -0.1) is 23.4 Å². The van der Waals surface area contributed by atoms with Crippen LogP contribution in [0, 0.1) is 10.1 Å². The normalized spacial score (nSPS) is 10.1. The number of non-ortho nitro benzene ring substituents is 1. The summed E-state index contributed by atoms with van der Waals surface area (Å²) in [5.41, 5.74) is 3.26. The number of nitrogens with two attached hydrogens (primary N) is 1. The summed E-state index contributed by atoms with van der Waals surface area (Å²) in [6.07, 6.45) is 0.846. The molecule has 5 nitrogen and oxygen atoms in total. The van der Waals surface area contributed by atoms with Crippen molar-refractivity contribution < 1.29 is 4.92 Å². The molecule has 0 saturated heterocycles. The lowest BCUT2D eigenvalue weighted by molar-refractivity contribution is -0.385. The molecular formula is C9H12ClN3O2S. The van der Waals surface area contributed by atoms with Crippen LogP contribution in [0.15, 0.2) is 23.1 Å². The van der Waals surface area contributed by atoms with Gasteiger partial charge in [-0.1, -0.05) is 0 Å². The Morgan fingerprint density at radius 2 is 2.31 bits per heavy atom. The van der Waals surface area contributed by atoms with Gasteiger partial charge < -0.3 is 5.43 Å². The molecule has 1 aromatic carbocycles. The van der Waals surface area contributed by atoms with Gasteiger partial charge in [0.05, 0.1) is 10.6 Å². The van der Waals surface area contributed by atoms with Crippen LogP contribution in [0.4, 0.5) is 11.4 Å². The molecule has 0 aliphatic carbocycles. The standard InChI is InChI=1S/C9H12ClN3O2S/c10-4-1-5-16-9-6-7(13(14)15)2-3-8(9)12-11/h2-3,6,12H,1,4-5,11H2. The summed E-state index contributed by atoms with van der Waals surface area (Å²) >= 11 is 7.06. The Labute approximate surface area is 102 Å². The molecule has 0 atom stereocenters. The molecule has 0 amide bonds. The van der Waals surface area contributed by atoms with E-state index in [0.29, 0.717) is 11.6 Å². The first-order valence-corrected chi connectivity index (χ1v) is 6.15. The van der Waals surface area contributed by atoms with Gasteiger partial charge >= 0.3 is 0 Å². The lowest BCUT2D eigenvalue weighted by Gasteiger charge is -2.07. The monoisotopic (exact) mass is 261 g/mol. The second kappa shape index (κ2) is 6.57. The van der Waals surface area contributed by atoms with Crippen LogP contribution in [0.3, 0.4) is 0 Å². The lowest BCUT2D eigenvalue weighted by atomic mass is 10.3. The number of nitro benzene ring substituents is 1. The van der Waals surface area contributed by atoms with E-state index in [1.165, 1.54) is 23.9 Å². The Balaban J connectivity index is 2.84. The zero-order valence-electron chi connectivity index (χ0n) is 8.48. The molecule has 0 aliphatic heterocycles. The van der Waals surface area contributed by atoms with Crippen LogP contribution < -0.4 is 11.3 Å². The molecule has 0 saturated carbocycles. The molecule has 0 heterocycles. The fraction of sp³-hybridized carbons (Fsp3) is 0.333. The third-order valence-corrected chi connectivity index (χ3v) is 3.28. The van der Waals surface area contributed by atoms with Crippen LogP contribution in [-0.4, -0.2) is 16.6 Å². The van der Waals surface area contributed by atoms with Crippen LogP contribution in [0.25, 0.3) is 0 Å². The highest BCUT2D eigenvalue weighted by atomic mass is 35.5. The van der Waals surface area contributed by atoms with Crippen molar-refractivity contribution >= 4 is 34.7 Å². The number of nitrogen functional groups attached to an aromatic ring is 1. The minimum absolute atomic E-state index is 0.0624. The van der Waals surface area contributed by atoms with Crippen molar-refractivity contribution in [3.8, 4) is 0 Å². The average Bonchev–Trinajstić information content (AvgIpc) is 2.29. The Morgan fingerprint density at radius 3 is 2.88 bits per heavy atom. The largest absolute Gasteiger partial charge is 0.323 e.